The molecule has 0 bridgehead atoms. The molecular weight excluding hydrogens is 286 g/mol. The Balaban J connectivity index is 2.15. The van der Waals surface area contributed by atoms with Crippen molar-refractivity contribution in [2.45, 2.75) is 19.9 Å². The van der Waals surface area contributed by atoms with Gasteiger partial charge in [0.1, 0.15) is 0 Å². The van der Waals surface area contributed by atoms with E-state index in [9.17, 15) is 0 Å². The van der Waals surface area contributed by atoms with E-state index in [-0.39, 0.29) is 0 Å². The molecule has 2 heteroatoms. The Labute approximate surface area is 117 Å². The SMILES string of the molecule is CNCc1ccc(Cc2cc(Br)ccc2C)cc1. The molecule has 0 radical (unpaired) electrons. The molecule has 2 aromatic carbocycles. The predicted molar refractivity (Wildman–Crippen MR) is 80.9 cm³/mol. The number of hydrogen-bond donors (Lipinski definition) is 1. The fourth-order valence-corrected chi connectivity index (χ4v) is 2.44. The van der Waals surface area contributed by atoms with Gasteiger partial charge in [-0.15, -0.1) is 0 Å². The standard InChI is InChI=1S/C16H18BrN/c1-12-3-8-16(17)10-15(12)9-13-4-6-14(7-5-13)11-18-2/h3-8,10,18H,9,11H2,1-2H3. The van der Waals surface area contributed by atoms with Gasteiger partial charge in [-0.2, -0.15) is 0 Å². The quantitative estimate of drug-likeness (QED) is 0.898. The molecule has 0 saturated heterocycles. The highest BCUT2D eigenvalue weighted by molar-refractivity contribution is 9.10. The summed E-state index contributed by atoms with van der Waals surface area (Å²) in [6.45, 7) is 3.09. The van der Waals surface area contributed by atoms with Crippen LogP contribution in [0.15, 0.2) is 46.9 Å². The monoisotopic (exact) mass is 303 g/mol. The minimum absolute atomic E-state index is 0.927. The summed E-state index contributed by atoms with van der Waals surface area (Å²) >= 11 is 3.53. The summed E-state index contributed by atoms with van der Waals surface area (Å²) in [5.74, 6) is 0. The lowest BCUT2D eigenvalue weighted by molar-refractivity contribution is 0.817. The van der Waals surface area contributed by atoms with Gasteiger partial charge in [0.15, 0.2) is 0 Å². The van der Waals surface area contributed by atoms with Crippen molar-refractivity contribution < 1.29 is 0 Å². The van der Waals surface area contributed by atoms with E-state index in [1.54, 1.807) is 0 Å². The summed E-state index contributed by atoms with van der Waals surface area (Å²) < 4.78 is 1.15. The molecule has 0 unspecified atom stereocenters. The first-order valence-corrected chi connectivity index (χ1v) is 6.96. The highest BCUT2D eigenvalue weighted by atomic mass is 79.9. The van der Waals surface area contributed by atoms with E-state index in [2.05, 4.69) is 70.6 Å². The smallest absolute Gasteiger partial charge is 0.0202 e. The van der Waals surface area contributed by atoms with Crippen LogP contribution in [0.25, 0.3) is 0 Å². The van der Waals surface area contributed by atoms with E-state index in [1.807, 2.05) is 7.05 Å². The summed E-state index contributed by atoms with van der Waals surface area (Å²) in [6.07, 6.45) is 0.991. The fraction of sp³-hybridized carbons (Fsp3) is 0.250. The van der Waals surface area contributed by atoms with E-state index in [0.717, 1.165) is 17.4 Å². The van der Waals surface area contributed by atoms with Crippen LogP contribution in [0.2, 0.25) is 0 Å². The Bertz CT molecular complexity index is 517. The number of benzene rings is 2. The van der Waals surface area contributed by atoms with Crippen molar-refractivity contribution in [3.63, 3.8) is 0 Å². The molecule has 2 rings (SSSR count). The maximum absolute atomic E-state index is 3.53. The Morgan fingerprint density at radius 1 is 1.00 bits per heavy atom. The van der Waals surface area contributed by atoms with Gasteiger partial charge in [-0.1, -0.05) is 46.3 Å². The van der Waals surface area contributed by atoms with Crippen LogP contribution < -0.4 is 5.32 Å². The lowest BCUT2D eigenvalue weighted by atomic mass is 10.00. The number of rotatable bonds is 4. The molecule has 94 valence electrons. The Hall–Kier alpha value is -1.12. The fourth-order valence-electron chi connectivity index (χ4n) is 2.03. The summed E-state index contributed by atoms with van der Waals surface area (Å²) in [5, 5.41) is 3.16. The van der Waals surface area contributed by atoms with Crippen molar-refractivity contribution in [1.29, 1.82) is 0 Å². The second kappa shape index (κ2) is 6.17. The maximum Gasteiger partial charge on any atom is 0.0202 e. The lowest BCUT2D eigenvalue weighted by Gasteiger charge is -2.08. The van der Waals surface area contributed by atoms with Crippen LogP contribution >= 0.6 is 15.9 Å². The topological polar surface area (TPSA) is 12.0 Å². The molecule has 1 N–H and O–H groups in total. The summed E-state index contributed by atoms with van der Waals surface area (Å²) in [5.41, 5.74) is 5.41. The van der Waals surface area contributed by atoms with Crippen LogP contribution in [0, 0.1) is 6.92 Å². The molecule has 0 aliphatic carbocycles. The van der Waals surface area contributed by atoms with Crippen molar-refractivity contribution in [1.82, 2.24) is 5.32 Å². The van der Waals surface area contributed by atoms with Gasteiger partial charge < -0.3 is 5.32 Å². The second-order valence-electron chi connectivity index (χ2n) is 4.59. The summed E-state index contributed by atoms with van der Waals surface area (Å²) in [6, 6.07) is 15.3. The molecule has 0 aliphatic rings. The van der Waals surface area contributed by atoms with Gasteiger partial charge in [-0.3, -0.25) is 0 Å². The largest absolute Gasteiger partial charge is 0.316 e. The van der Waals surface area contributed by atoms with Crippen LogP contribution in [-0.2, 0) is 13.0 Å². The van der Waals surface area contributed by atoms with Gasteiger partial charge >= 0.3 is 0 Å². The minimum atomic E-state index is 0.927. The maximum atomic E-state index is 3.53. The Morgan fingerprint density at radius 2 is 1.67 bits per heavy atom. The third-order valence-electron chi connectivity index (χ3n) is 3.11. The average molecular weight is 304 g/mol. The molecule has 18 heavy (non-hydrogen) atoms. The Morgan fingerprint density at radius 3 is 2.33 bits per heavy atom. The van der Waals surface area contributed by atoms with Crippen molar-refractivity contribution in [2.75, 3.05) is 7.05 Å². The minimum Gasteiger partial charge on any atom is -0.316 e. The molecule has 0 amide bonds. The van der Waals surface area contributed by atoms with E-state index in [1.165, 1.54) is 22.3 Å². The van der Waals surface area contributed by atoms with Crippen LogP contribution in [0.4, 0.5) is 0 Å². The van der Waals surface area contributed by atoms with Gasteiger partial charge in [0.2, 0.25) is 0 Å². The molecular formula is C16H18BrN. The van der Waals surface area contributed by atoms with E-state index in [0.29, 0.717) is 0 Å². The molecule has 0 aromatic heterocycles. The Kier molecular flexibility index (Phi) is 4.56. The second-order valence-corrected chi connectivity index (χ2v) is 5.51. The first-order valence-electron chi connectivity index (χ1n) is 6.16. The zero-order chi connectivity index (χ0) is 13.0. The van der Waals surface area contributed by atoms with Crippen molar-refractivity contribution in [3.05, 3.63) is 69.2 Å². The third kappa shape index (κ3) is 3.44. The zero-order valence-corrected chi connectivity index (χ0v) is 12.4. The normalized spacial score (nSPS) is 10.6. The van der Waals surface area contributed by atoms with Gasteiger partial charge in [0.05, 0.1) is 0 Å². The molecule has 0 spiro atoms. The van der Waals surface area contributed by atoms with Gasteiger partial charge in [0, 0.05) is 11.0 Å². The van der Waals surface area contributed by atoms with Crippen LogP contribution in [0.3, 0.4) is 0 Å². The zero-order valence-electron chi connectivity index (χ0n) is 10.8. The van der Waals surface area contributed by atoms with E-state index < -0.39 is 0 Å². The van der Waals surface area contributed by atoms with Crippen LogP contribution in [0.5, 0.6) is 0 Å². The van der Waals surface area contributed by atoms with Crippen molar-refractivity contribution in [3.8, 4) is 0 Å². The molecule has 0 aliphatic heterocycles. The third-order valence-corrected chi connectivity index (χ3v) is 3.60. The number of hydrogen-bond acceptors (Lipinski definition) is 1. The molecule has 1 nitrogen and oxygen atoms in total. The van der Waals surface area contributed by atoms with Gasteiger partial charge in [0.25, 0.3) is 0 Å². The predicted octanol–water partition coefficient (Wildman–Crippen LogP) is 4.07. The highest BCUT2D eigenvalue weighted by Crippen LogP contribution is 2.19. The highest BCUT2D eigenvalue weighted by Gasteiger charge is 2.01. The molecule has 0 atom stereocenters. The first-order chi connectivity index (χ1) is 8.69. The number of aryl methyl sites for hydroxylation is 1. The summed E-state index contributed by atoms with van der Waals surface area (Å²) in [7, 11) is 1.97. The van der Waals surface area contributed by atoms with Gasteiger partial charge in [-0.25, -0.2) is 0 Å². The lowest BCUT2D eigenvalue weighted by Crippen LogP contribution is -2.04. The molecule has 0 saturated carbocycles. The van der Waals surface area contributed by atoms with E-state index >= 15 is 0 Å². The van der Waals surface area contributed by atoms with Crippen LogP contribution in [-0.4, -0.2) is 7.05 Å². The number of halogens is 1. The molecule has 0 heterocycles. The van der Waals surface area contributed by atoms with Gasteiger partial charge in [-0.05, 0) is 54.8 Å². The van der Waals surface area contributed by atoms with Crippen LogP contribution in [0.1, 0.15) is 22.3 Å². The summed E-state index contributed by atoms with van der Waals surface area (Å²) in [4.78, 5) is 0. The average Bonchev–Trinajstić information content (AvgIpc) is 2.37. The molecule has 0 fully saturated rings. The van der Waals surface area contributed by atoms with E-state index in [4.69, 9.17) is 0 Å². The van der Waals surface area contributed by atoms with Crippen molar-refractivity contribution >= 4 is 15.9 Å². The van der Waals surface area contributed by atoms with Crippen molar-refractivity contribution in [2.24, 2.45) is 0 Å². The first kappa shape index (κ1) is 13.3. The number of nitrogens with one attached hydrogen (secondary N) is 1. The molecule has 2 aromatic rings.